The maximum absolute atomic E-state index is 13.1. The van der Waals surface area contributed by atoms with E-state index < -0.39 is 5.41 Å². The van der Waals surface area contributed by atoms with Crippen molar-refractivity contribution in [3.8, 4) is 5.75 Å². The fraction of sp³-hybridized carbons (Fsp3) is 0.350. The lowest BCUT2D eigenvalue weighted by Crippen LogP contribution is -2.33. The first kappa shape index (κ1) is 15.1. The molecular formula is C20H22N2O2. The van der Waals surface area contributed by atoms with Crippen LogP contribution in [0.4, 0.5) is 17.1 Å². The molecule has 2 aliphatic rings. The Morgan fingerprint density at radius 3 is 2.33 bits per heavy atom. The second-order valence-corrected chi connectivity index (χ2v) is 7.15. The summed E-state index contributed by atoms with van der Waals surface area (Å²) in [6.07, 6.45) is 2.30. The maximum atomic E-state index is 13.1. The smallest absolute Gasteiger partial charge is 0.241 e. The van der Waals surface area contributed by atoms with Crippen LogP contribution in [0.3, 0.4) is 0 Å². The molecule has 0 bridgehead atoms. The predicted molar refractivity (Wildman–Crippen MR) is 96.2 cm³/mol. The number of aromatic hydroxyl groups is 1. The van der Waals surface area contributed by atoms with E-state index in [0.717, 1.165) is 48.6 Å². The van der Waals surface area contributed by atoms with Gasteiger partial charge in [0.2, 0.25) is 5.91 Å². The normalized spacial score (nSPS) is 19.0. The SMILES string of the molecule is CC1(C)C(=O)N(c2ccccc2)c2cc(O)c(N3CCCC3)cc21. The Kier molecular flexibility index (Phi) is 3.30. The van der Waals surface area contributed by atoms with E-state index in [1.54, 1.807) is 11.0 Å². The van der Waals surface area contributed by atoms with Crippen molar-refractivity contribution >= 4 is 23.0 Å². The van der Waals surface area contributed by atoms with E-state index in [1.165, 1.54) is 0 Å². The quantitative estimate of drug-likeness (QED) is 0.910. The molecular weight excluding hydrogens is 300 g/mol. The molecule has 0 aliphatic carbocycles. The number of phenols is 1. The lowest BCUT2D eigenvalue weighted by Gasteiger charge is -2.22. The largest absolute Gasteiger partial charge is 0.506 e. The maximum Gasteiger partial charge on any atom is 0.241 e. The first-order valence-corrected chi connectivity index (χ1v) is 8.52. The van der Waals surface area contributed by atoms with Crippen LogP contribution >= 0.6 is 0 Å². The molecule has 1 amide bonds. The number of carbonyl (C=O) groups is 1. The van der Waals surface area contributed by atoms with Gasteiger partial charge in [0, 0.05) is 24.8 Å². The second kappa shape index (κ2) is 5.26. The molecule has 124 valence electrons. The summed E-state index contributed by atoms with van der Waals surface area (Å²) in [6, 6.07) is 13.4. The lowest BCUT2D eigenvalue weighted by atomic mass is 9.86. The van der Waals surface area contributed by atoms with Crippen molar-refractivity contribution in [2.75, 3.05) is 22.9 Å². The van der Waals surface area contributed by atoms with Crippen LogP contribution in [0.1, 0.15) is 32.3 Å². The van der Waals surface area contributed by atoms with Crippen LogP contribution in [0.15, 0.2) is 42.5 Å². The topological polar surface area (TPSA) is 43.8 Å². The van der Waals surface area contributed by atoms with Gasteiger partial charge in [-0.3, -0.25) is 9.69 Å². The summed E-state index contributed by atoms with van der Waals surface area (Å²) < 4.78 is 0. The van der Waals surface area contributed by atoms with E-state index >= 15 is 0 Å². The van der Waals surface area contributed by atoms with Crippen LogP contribution in [-0.2, 0) is 10.2 Å². The molecule has 1 fully saturated rings. The highest BCUT2D eigenvalue weighted by molar-refractivity contribution is 6.13. The fourth-order valence-electron chi connectivity index (χ4n) is 3.80. The Hall–Kier alpha value is -2.49. The van der Waals surface area contributed by atoms with Crippen LogP contribution in [0.2, 0.25) is 0 Å². The third kappa shape index (κ3) is 2.09. The average molecular weight is 322 g/mol. The van der Waals surface area contributed by atoms with E-state index in [1.807, 2.05) is 50.2 Å². The van der Waals surface area contributed by atoms with Gasteiger partial charge in [-0.1, -0.05) is 18.2 Å². The highest BCUT2D eigenvalue weighted by Gasteiger charge is 2.45. The minimum atomic E-state index is -0.604. The number of hydrogen-bond donors (Lipinski definition) is 1. The van der Waals surface area contributed by atoms with Crippen molar-refractivity contribution in [2.24, 2.45) is 0 Å². The Bertz CT molecular complexity index is 793. The molecule has 2 aromatic rings. The first-order chi connectivity index (χ1) is 11.5. The molecule has 2 aromatic carbocycles. The van der Waals surface area contributed by atoms with Gasteiger partial charge in [0.05, 0.1) is 16.8 Å². The van der Waals surface area contributed by atoms with Gasteiger partial charge in [-0.25, -0.2) is 0 Å². The molecule has 24 heavy (non-hydrogen) atoms. The van der Waals surface area contributed by atoms with Crippen LogP contribution in [-0.4, -0.2) is 24.1 Å². The van der Waals surface area contributed by atoms with Crippen LogP contribution in [0, 0.1) is 0 Å². The zero-order valence-electron chi connectivity index (χ0n) is 14.1. The molecule has 0 saturated carbocycles. The van der Waals surface area contributed by atoms with E-state index in [9.17, 15) is 9.90 Å². The minimum absolute atomic E-state index is 0.0432. The van der Waals surface area contributed by atoms with Gasteiger partial charge in [0.1, 0.15) is 5.75 Å². The number of nitrogens with zero attached hydrogens (tertiary/aromatic N) is 2. The van der Waals surface area contributed by atoms with Crippen molar-refractivity contribution in [2.45, 2.75) is 32.1 Å². The molecule has 1 saturated heterocycles. The van der Waals surface area contributed by atoms with Gasteiger partial charge in [-0.15, -0.1) is 0 Å². The number of rotatable bonds is 2. The third-order valence-electron chi connectivity index (χ3n) is 5.21. The van der Waals surface area contributed by atoms with Gasteiger partial charge in [0.25, 0.3) is 0 Å². The van der Waals surface area contributed by atoms with Crippen molar-refractivity contribution in [3.05, 3.63) is 48.0 Å². The van der Waals surface area contributed by atoms with Gasteiger partial charge in [-0.2, -0.15) is 0 Å². The lowest BCUT2D eigenvalue weighted by molar-refractivity contribution is -0.121. The number of benzene rings is 2. The molecule has 0 spiro atoms. The number of carbonyl (C=O) groups excluding carboxylic acids is 1. The molecule has 4 rings (SSSR count). The Morgan fingerprint density at radius 1 is 1.00 bits per heavy atom. The predicted octanol–water partition coefficient (Wildman–Crippen LogP) is 3.95. The van der Waals surface area contributed by atoms with Gasteiger partial charge < -0.3 is 10.0 Å². The highest BCUT2D eigenvalue weighted by atomic mass is 16.3. The van der Waals surface area contributed by atoms with E-state index in [-0.39, 0.29) is 11.7 Å². The number of fused-ring (bicyclic) bond motifs is 1. The molecule has 1 N–H and O–H groups in total. The van der Waals surface area contributed by atoms with Gasteiger partial charge >= 0.3 is 0 Å². The zero-order valence-corrected chi connectivity index (χ0v) is 14.1. The summed E-state index contributed by atoms with van der Waals surface area (Å²) in [7, 11) is 0. The van der Waals surface area contributed by atoms with Crippen LogP contribution < -0.4 is 9.80 Å². The minimum Gasteiger partial charge on any atom is -0.506 e. The number of hydrogen-bond acceptors (Lipinski definition) is 3. The molecule has 4 nitrogen and oxygen atoms in total. The van der Waals surface area contributed by atoms with E-state index in [0.29, 0.717) is 0 Å². The standard InChI is InChI=1S/C20H22N2O2/c1-20(2)15-12-17(21-10-6-7-11-21)18(23)13-16(15)22(19(20)24)14-8-4-3-5-9-14/h3-5,8-9,12-13,23H,6-7,10-11H2,1-2H3. The summed E-state index contributed by atoms with van der Waals surface area (Å²) in [5.74, 6) is 0.295. The first-order valence-electron chi connectivity index (χ1n) is 8.52. The third-order valence-corrected chi connectivity index (χ3v) is 5.21. The van der Waals surface area contributed by atoms with Gasteiger partial charge in [-0.05, 0) is 50.5 Å². The fourth-order valence-corrected chi connectivity index (χ4v) is 3.80. The number of para-hydroxylation sites is 1. The molecule has 2 heterocycles. The van der Waals surface area contributed by atoms with Crippen molar-refractivity contribution < 1.29 is 9.90 Å². The van der Waals surface area contributed by atoms with Gasteiger partial charge in [0.15, 0.2) is 0 Å². The number of amides is 1. The summed E-state index contributed by atoms with van der Waals surface area (Å²) in [6.45, 7) is 5.84. The second-order valence-electron chi connectivity index (χ2n) is 7.15. The summed E-state index contributed by atoms with van der Waals surface area (Å²) in [5, 5.41) is 10.6. The molecule has 4 heteroatoms. The Morgan fingerprint density at radius 2 is 1.67 bits per heavy atom. The molecule has 0 radical (unpaired) electrons. The molecule has 0 aromatic heterocycles. The van der Waals surface area contributed by atoms with E-state index in [2.05, 4.69) is 4.90 Å². The van der Waals surface area contributed by atoms with Crippen molar-refractivity contribution in [1.82, 2.24) is 0 Å². The summed E-state index contributed by atoms with van der Waals surface area (Å²) in [5.41, 5.74) is 2.85. The monoisotopic (exact) mass is 322 g/mol. The van der Waals surface area contributed by atoms with Crippen LogP contribution in [0.5, 0.6) is 5.75 Å². The zero-order chi connectivity index (χ0) is 16.9. The Labute approximate surface area is 142 Å². The number of phenolic OH excluding ortho intramolecular Hbond substituents is 1. The van der Waals surface area contributed by atoms with E-state index in [4.69, 9.17) is 0 Å². The number of anilines is 3. The summed E-state index contributed by atoms with van der Waals surface area (Å²) >= 11 is 0. The summed E-state index contributed by atoms with van der Waals surface area (Å²) in [4.78, 5) is 17.0. The van der Waals surface area contributed by atoms with Crippen molar-refractivity contribution in [1.29, 1.82) is 0 Å². The average Bonchev–Trinajstić information content (AvgIpc) is 3.15. The highest BCUT2D eigenvalue weighted by Crippen LogP contribution is 2.49. The van der Waals surface area contributed by atoms with Crippen LogP contribution in [0.25, 0.3) is 0 Å². The molecule has 0 atom stereocenters. The Balaban J connectivity index is 1.87. The molecule has 0 unspecified atom stereocenters. The van der Waals surface area contributed by atoms with Crippen molar-refractivity contribution in [3.63, 3.8) is 0 Å². The molecule has 2 aliphatic heterocycles.